The van der Waals surface area contributed by atoms with Crippen LogP contribution in [-0.4, -0.2) is 36.8 Å². The van der Waals surface area contributed by atoms with Crippen LogP contribution in [0.1, 0.15) is 50.3 Å². The number of ether oxygens (including phenoxy) is 3. The molecule has 1 N–H and O–H groups in total. The van der Waals surface area contributed by atoms with Gasteiger partial charge in [-0.2, -0.15) is 0 Å². The van der Waals surface area contributed by atoms with Crippen LogP contribution in [0.3, 0.4) is 0 Å². The summed E-state index contributed by atoms with van der Waals surface area (Å²) in [4.78, 5) is 65.9. The molecule has 4 aromatic carbocycles. The van der Waals surface area contributed by atoms with Crippen molar-refractivity contribution >= 4 is 41.0 Å². The van der Waals surface area contributed by atoms with E-state index in [0.717, 1.165) is 19.3 Å². The summed E-state index contributed by atoms with van der Waals surface area (Å²) < 4.78 is 16.0. The molecule has 47 heavy (non-hydrogen) atoms. The van der Waals surface area contributed by atoms with Gasteiger partial charge in [-0.3, -0.25) is 19.3 Å². The van der Waals surface area contributed by atoms with E-state index in [9.17, 15) is 24.0 Å². The quantitative estimate of drug-likeness (QED) is 0.144. The Morgan fingerprint density at radius 3 is 1.70 bits per heavy atom. The van der Waals surface area contributed by atoms with Crippen LogP contribution in [0.15, 0.2) is 97.1 Å². The van der Waals surface area contributed by atoms with Crippen LogP contribution in [0.25, 0.3) is 0 Å². The smallest absolute Gasteiger partial charge is 0.343 e. The summed E-state index contributed by atoms with van der Waals surface area (Å²) in [6.07, 6.45) is 3.00. The van der Waals surface area contributed by atoms with Gasteiger partial charge in [0.1, 0.15) is 17.2 Å². The highest BCUT2D eigenvalue weighted by Gasteiger charge is 2.61. The number of carbonyl (C=O) groups is 5. The van der Waals surface area contributed by atoms with E-state index >= 15 is 0 Å². The molecule has 10 nitrogen and oxygen atoms in total. The van der Waals surface area contributed by atoms with Crippen LogP contribution in [0.5, 0.6) is 17.2 Å². The summed E-state index contributed by atoms with van der Waals surface area (Å²) in [5.74, 6) is -0.531. The van der Waals surface area contributed by atoms with E-state index in [2.05, 4.69) is 5.32 Å². The number of benzene rings is 4. The minimum Gasteiger partial charge on any atom is -0.497 e. The van der Waals surface area contributed by atoms with Gasteiger partial charge >= 0.3 is 11.9 Å². The fourth-order valence-corrected chi connectivity index (χ4v) is 6.98. The summed E-state index contributed by atoms with van der Waals surface area (Å²) in [6, 6.07) is 25.2. The molecule has 2 saturated carbocycles. The van der Waals surface area contributed by atoms with Crippen molar-refractivity contribution < 1.29 is 38.2 Å². The molecule has 236 valence electrons. The zero-order valence-corrected chi connectivity index (χ0v) is 25.4. The third kappa shape index (κ3) is 5.74. The van der Waals surface area contributed by atoms with Crippen LogP contribution in [0.4, 0.5) is 11.4 Å². The Morgan fingerprint density at radius 1 is 0.660 bits per heavy atom. The Bertz CT molecular complexity index is 1860. The van der Waals surface area contributed by atoms with Gasteiger partial charge in [0.05, 0.1) is 35.8 Å². The first-order valence-corrected chi connectivity index (χ1v) is 15.4. The second-order valence-electron chi connectivity index (χ2n) is 12.0. The minimum atomic E-state index is -0.674. The largest absolute Gasteiger partial charge is 0.497 e. The van der Waals surface area contributed by atoms with E-state index in [0.29, 0.717) is 40.3 Å². The molecule has 1 heterocycles. The number of methoxy groups -OCH3 is 1. The van der Waals surface area contributed by atoms with Gasteiger partial charge in [0.2, 0.25) is 11.8 Å². The summed E-state index contributed by atoms with van der Waals surface area (Å²) in [5.41, 5.74) is 1.64. The maximum Gasteiger partial charge on any atom is 0.343 e. The second kappa shape index (κ2) is 12.2. The Morgan fingerprint density at radius 2 is 1.17 bits per heavy atom. The van der Waals surface area contributed by atoms with E-state index in [1.165, 1.54) is 42.3 Å². The normalized spacial score (nSPS) is 20.9. The number of nitrogens with one attached hydrogen (secondary N) is 1. The number of amides is 3. The number of hydrogen-bond acceptors (Lipinski definition) is 8. The van der Waals surface area contributed by atoms with Gasteiger partial charge in [-0.05, 0) is 122 Å². The number of anilines is 2. The topological polar surface area (TPSA) is 128 Å². The number of esters is 2. The van der Waals surface area contributed by atoms with Gasteiger partial charge < -0.3 is 19.5 Å². The molecule has 1 saturated heterocycles. The minimum absolute atomic E-state index is 0.120. The standard InChI is InChI=1S/C37H30N2O8/c1-45-28-15-17-30(18-16-28)47-37(44)25-4-2-3-24(20-25)36(43)46-29-13-9-26(10-14-29)38-33(40)21-7-11-27(12-8-21)39-34(41)31-22-5-6-23(19-22)32(31)35(39)42/h2-4,7-18,20,22-23,31-32H,5-6,19H2,1H3,(H,38,40). The van der Waals surface area contributed by atoms with E-state index in [4.69, 9.17) is 14.2 Å². The van der Waals surface area contributed by atoms with Gasteiger partial charge in [-0.1, -0.05) is 6.07 Å². The molecule has 10 heteroatoms. The molecule has 4 atom stereocenters. The van der Waals surface area contributed by atoms with Crippen molar-refractivity contribution in [2.75, 3.05) is 17.3 Å². The van der Waals surface area contributed by atoms with Gasteiger partial charge in [-0.25, -0.2) is 9.59 Å². The molecule has 4 aromatic rings. The molecule has 0 spiro atoms. The van der Waals surface area contributed by atoms with Gasteiger partial charge in [-0.15, -0.1) is 0 Å². The van der Waals surface area contributed by atoms with E-state index in [1.54, 1.807) is 66.7 Å². The first-order chi connectivity index (χ1) is 22.8. The second-order valence-corrected chi connectivity index (χ2v) is 12.0. The number of fused-ring (bicyclic) bond motifs is 5. The highest BCUT2D eigenvalue weighted by Crippen LogP contribution is 2.56. The van der Waals surface area contributed by atoms with Crippen LogP contribution >= 0.6 is 0 Å². The first-order valence-electron chi connectivity index (χ1n) is 15.4. The van der Waals surface area contributed by atoms with Gasteiger partial charge in [0.25, 0.3) is 5.91 Å². The molecule has 2 bridgehead atoms. The Kier molecular flexibility index (Phi) is 7.77. The number of carbonyl (C=O) groups excluding carboxylic acids is 5. The number of nitrogens with zero attached hydrogens (tertiary/aromatic N) is 1. The summed E-state index contributed by atoms with van der Waals surface area (Å²) in [5, 5.41) is 2.79. The third-order valence-electron chi connectivity index (χ3n) is 9.24. The van der Waals surface area contributed by atoms with Crippen molar-refractivity contribution in [3.63, 3.8) is 0 Å². The number of imide groups is 1. The fourth-order valence-electron chi connectivity index (χ4n) is 6.98. The van der Waals surface area contributed by atoms with E-state index < -0.39 is 11.9 Å². The molecule has 3 aliphatic rings. The van der Waals surface area contributed by atoms with Crippen molar-refractivity contribution in [2.45, 2.75) is 19.3 Å². The maximum atomic E-state index is 13.1. The molecule has 2 aliphatic carbocycles. The van der Waals surface area contributed by atoms with E-state index in [1.807, 2.05) is 0 Å². The highest BCUT2D eigenvalue weighted by atomic mass is 16.5. The summed E-state index contributed by atoms with van der Waals surface area (Å²) in [7, 11) is 1.54. The third-order valence-corrected chi connectivity index (χ3v) is 9.24. The lowest BCUT2D eigenvalue weighted by Gasteiger charge is -2.19. The molecule has 0 radical (unpaired) electrons. The monoisotopic (exact) mass is 630 g/mol. The SMILES string of the molecule is COc1ccc(OC(=O)c2cccc(C(=O)Oc3ccc(NC(=O)c4ccc(N5C(=O)C6C7CCC(C7)C6C5=O)cc4)cc3)c2)cc1. The molecule has 7 rings (SSSR count). The zero-order chi connectivity index (χ0) is 32.7. The van der Waals surface area contributed by atoms with Crippen LogP contribution in [0.2, 0.25) is 0 Å². The average Bonchev–Trinajstić information content (AvgIpc) is 3.79. The molecule has 3 fully saturated rings. The number of hydrogen-bond donors (Lipinski definition) is 1. The lowest BCUT2D eigenvalue weighted by atomic mass is 9.81. The van der Waals surface area contributed by atoms with Crippen LogP contribution < -0.4 is 24.4 Å². The first kappa shape index (κ1) is 29.9. The number of rotatable bonds is 8. The van der Waals surface area contributed by atoms with Gasteiger partial charge in [0, 0.05) is 11.3 Å². The van der Waals surface area contributed by atoms with E-state index in [-0.39, 0.29) is 46.4 Å². The van der Waals surface area contributed by atoms with Crippen LogP contribution in [-0.2, 0) is 9.59 Å². The fraction of sp³-hybridized carbons (Fsp3) is 0.216. The van der Waals surface area contributed by atoms with Crippen molar-refractivity contribution in [1.82, 2.24) is 0 Å². The molecule has 1 aliphatic heterocycles. The predicted molar refractivity (Wildman–Crippen MR) is 170 cm³/mol. The van der Waals surface area contributed by atoms with Crippen molar-refractivity contribution in [3.05, 3.63) is 114 Å². The lowest BCUT2D eigenvalue weighted by molar-refractivity contribution is -0.123. The average molecular weight is 631 g/mol. The van der Waals surface area contributed by atoms with Crippen molar-refractivity contribution in [3.8, 4) is 17.2 Å². The molecule has 0 aromatic heterocycles. The highest BCUT2D eigenvalue weighted by molar-refractivity contribution is 6.22. The lowest BCUT2D eigenvalue weighted by Crippen LogP contribution is -2.32. The Balaban J connectivity index is 0.944. The summed E-state index contributed by atoms with van der Waals surface area (Å²) in [6.45, 7) is 0. The van der Waals surface area contributed by atoms with Crippen LogP contribution in [0, 0.1) is 23.7 Å². The van der Waals surface area contributed by atoms with Crippen molar-refractivity contribution in [2.24, 2.45) is 23.7 Å². The summed E-state index contributed by atoms with van der Waals surface area (Å²) >= 11 is 0. The Labute approximate surface area is 270 Å². The molecule has 3 amide bonds. The Hall–Kier alpha value is -5.77. The van der Waals surface area contributed by atoms with Crippen molar-refractivity contribution in [1.29, 1.82) is 0 Å². The predicted octanol–water partition coefficient (Wildman–Crippen LogP) is 5.92. The van der Waals surface area contributed by atoms with Gasteiger partial charge in [0.15, 0.2) is 0 Å². The molecular formula is C37H30N2O8. The zero-order valence-electron chi connectivity index (χ0n) is 25.4. The molecular weight excluding hydrogens is 600 g/mol. The maximum absolute atomic E-state index is 13.1. The molecule has 4 unspecified atom stereocenters.